The van der Waals surface area contributed by atoms with Gasteiger partial charge in [0.1, 0.15) is 23.4 Å². The van der Waals surface area contributed by atoms with Crippen LogP contribution < -0.4 is 4.74 Å². The van der Waals surface area contributed by atoms with Crippen LogP contribution in [0.25, 0.3) is 0 Å². The largest absolute Gasteiger partial charge is 0.507 e. The molecule has 1 saturated heterocycles. The van der Waals surface area contributed by atoms with Gasteiger partial charge in [0.2, 0.25) is 0 Å². The molecule has 5 nitrogen and oxygen atoms in total. The van der Waals surface area contributed by atoms with Crippen molar-refractivity contribution in [3.63, 3.8) is 0 Å². The van der Waals surface area contributed by atoms with Gasteiger partial charge in [-0.2, -0.15) is 5.26 Å². The van der Waals surface area contributed by atoms with E-state index in [0.29, 0.717) is 37.2 Å². The van der Waals surface area contributed by atoms with E-state index in [4.69, 9.17) is 10.00 Å². The van der Waals surface area contributed by atoms with Crippen LogP contribution in [0.2, 0.25) is 0 Å². The van der Waals surface area contributed by atoms with Crippen molar-refractivity contribution in [2.75, 3.05) is 13.1 Å². The average molecular weight is 340 g/mol. The number of aromatic hydroxyl groups is 1. The maximum absolute atomic E-state index is 13.3. The maximum atomic E-state index is 13.3. The molecule has 0 unspecified atom stereocenters. The zero-order valence-electron chi connectivity index (χ0n) is 13.5. The van der Waals surface area contributed by atoms with Gasteiger partial charge in [0, 0.05) is 25.9 Å². The molecule has 1 fully saturated rings. The SMILES string of the molecule is N#Cc1ccc(OC2CCN(C(=O)c3cc(F)ccc3O)CC2)cc1. The Morgan fingerprint density at radius 2 is 1.88 bits per heavy atom. The van der Waals surface area contributed by atoms with Crippen molar-refractivity contribution in [3.8, 4) is 17.6 Å². The van der Waals surface area contributed by atoms with Crippen LogP contribution in [0.1, 0.15) is 28.8 Å². The molecular formula is C19H17FN2O3. The van der Waals surface area contributed by atoms with Crippen LogP contribution in [-0.4, -0.2) is 35.1 Å². The number of nitrogens with zero attached hydrogens (tertiary/aromatic N) is 2. The third-order valence-corrected chi connectivity index (χ3v) is 4.20. The lowest BCUT2D eigenvalue weighted by Crippen LogP contribution is -2.41. The molecule has 0 spiro atoms. The number of benzene rings is 2. The van der Waals surface area contributed by atoms with Gasteiger partial charge in [-0.1, -0.05) is 0 Å². The smallest absolute Gasteiger partial charge is 0.257 e. The first-order valence-electron chi connectivity index (χ1n) is 8.01. The molecule has 1 heterocycles. The highest BCUT2D eigenvalue weighted by Crippen LogP contribution is 2.24. The molecule has 0 aliphatic carbocycles. The Morgan fingerprint density at radius 3 is 2.52 bits per heavy atom. The number of nitriles is 1. The van der Waals surface area contributed by atoms with E-state index in [1.807, 2.05) is 0 Å². The summed E-state index contributed by atoms with van der Waals surface area (Å²) in [5.74, 6) is -0.470. The lowest BCUT2D eigenvalue weighted by atomic mass is 10.1. The number of hydrogen-bond acceptors (Lipinski definition) is 4. The Kier molecular flexibility index (Phi) is 4.85. The van der Waals surface area contributed by atoms with E-state index >= 15 is 0 Å². The minimum Gasteiger partial charge on any atom is -0.507 e. The fraction of sp³-hybridized carbons (Fsp3) is 0.263. The van der Waals surface area contributed by atoms with Crippen molar-refractivity contribution in [2.24, 2.45) is 0 Å². The summed E-state index contributed by atoms with van der Waals surface area (Å²) in [6, 6.07) is 12.3. The van der Waals surface area contributed by atoms with Crippen molar-refractivity contribution in [2.45, 2.75) is 18.9 Å². The average Bonchev–Trinajstić information content (AvgIpc) is 2.64. The summed E-state index contributed by atoms with van der Waals surface area (Å²) in [4.78, 5) is 14.0. The van der Waals surface area contributed by atoms with E-state index < -0.39 is 5.82 Å². The number of likely N-dealkylation sites (tertiary alicyclic amines) is 1. The van der Waals surface area contributed by atoms with Crippen LogP contribution in [-0.2, 0) is 0 Å². The van der Waals surface area contributed by atoms with Gasteiger partial charge in [-0.05, 0) is 42.5 Å². The molecule has 25 heavy (non-hydrogen) atoms. The molecule has 0 aromatic heterocycles. The number of hydrogen-bond donors (Lipinski definition) is 1. The highest BCUT2D eigenvalue weighted by molar-refractivity contribution is 5.96. The number of carbonyl (C=O) groups is 1. The molecule has 0 bridgehead atoms. The number of phenolic OH excluding ortho intramolecular Hbond substituents is 1. The third kappa shape index (κ3) is 3.89. The minimum absolute atomic E-state index is 0.0218. The van der Waals surface area contributed by atoms with Gasteiger partial charge in [-0.15, -0.1) is 0 Å². The van der Waals surface area contributed by atoms with E-state index in [9.17, 15) is 14.3 Å². The minimum atomic E-state index is -0.555. The molecule has 6 heteroatoms. The van der Waals surface area contributed by atoms with Crippen LogP contribution in [0, 0.1) is 17.1 Å². The van der Waals surface area contributed by atoms with E-state index in [1.54, 1.807) is 29.2 Å². The van der Waals surface area contributed by atoms with Gasteiger partial charge in [0.15, 0.2) is 0 Å². The molecule has 2 aromatic rings. The van der Waals surface area contributed by atoms with Gasteiger partial charge in [0.25, 0.3) is 5.91 Å². The number of amides is 1. The summed E-state index contributed by atoms with van der Waals surface area (Å²) in [5.41, 5.74) is 0.550. The number of piperidine rings is 1. The Labute approximate surface area is 144 Å². The Hall–Kier alpha value is -3.07. The van der Waals surface area contributed by atoms with Gasteiger partial charge < -0.3 is 14.7 Å². The number of carbonyl (C=O) groups excluding carboxylic acids is 1. The van der Waals surface area contributed by atoms with E-state index in [2.05, 4.69) is 6.07 Å². The Bertz CT molecular complexity index is 806. The normalized spacial score (nSPS) is 14.8. The first-order valence-corrected chi connectivity index (χ1v) is 8.01. The Morgan fingerprint density at radius 1 is 1.20 bits per heavy atom. The van der Waals surface area contributed by atoms with Crippen molar-refractivity contribution >= 4 is 5.91 Å². The molecule has 1 aliphatic heterocycles. The molecule has 3 rings (SSSR count). The molecule has 0 radical (unpaired) electrons. The van der Waals surface area contributed by atoms with Crippen LogP contribution >= 0.6 is 0 Å². The molecule has 128 valence electrons. The topological polar surface area (TPSA) is 73.6 Å². The van der Waals surface area contributed by atoms with Crippen molar-refractivity contribution in [1.29, 1.82) is 5.26 Å². The summed E-state index contributed by atoms with van der Waals surface area (Å²) < 4.78 is 19.2. The second-order valence-corrected chi connectivity index (χ2v) is 5.91. The molecule has 1 N–H and O–H groups in total. The highest BCUT2D eigenvalue weighted by Gasteiger charge is 2.26. The molecule has 0 saturated carbocycles. The third-order valence-electron chi connectivity index (χ3n) is 4.20. The number of rotatable bonds is 3. The van der Waals surface area contributed by atoms with Crippen molar-refractivity contribution in [1.82, 2.24) is 4.90 Å². The lowest BCUT2D eigenvalue weighted by Gasteiger charge is -2.32. The second kappa shape index (κ2) is 7.22. The first kappa shape index (κ1) is 16.8. The number of phenols is 1. The summed E-state index contributed by atoms with van der Waals surface area (Å²) in [6.07, 6.45) is 1.25. The fourth-order valence-corrected chi connectivity index (χ4v) is 2.83. The van der Waals surface area contributed by atoms with Crippen LogP contribution in [0.5, 0.6) is 11.5 Å². The van der Waals surface area contributed by atoms with Crippen molar-refractivity contribution < 1.29 is 19.0 Å². The van der Waals surface area contributed by atoms with E-state index in [1.165, 1.54) is 6.07 Å². The predicted molar refractivity (Wildman–Crippen MR) is 88.8 cm³/mol. The van der Waals surface area contributed by atoms with Gasteiger partial charge in [-0.25, -0.2) is 4.39 Å². The van der Waals surface area contributed by atoms with Crippen LogP contribution in [0.4, 0.5) is 4.39 Å². The highest BCUT2D eigenvalue weighted by atomic mass is 19.1. The van der Waals surface area contributed by atoms with Gasteiger partial charge >= 0.3 is 0 Å². The molecule has 2 aromatic carbocycles. The summed E-state index contributed by atoms with van der Waals surface area (Å²) in [6.45, 7) is 0.936. The zero-order chi connectivity index (χ0) is 17.8. The monoisotopic (exact) mass is 340 g/mol. The second-order valence-electron chi connectivity index (χ2n) is 5.91. The zero-order valence-corrected chi connectivity index (χ0v) is 13.5. The first-order chi connectivity index (χ1) is 12.1. The van der Waals surface area contributed by atoms with Crippen LogP contribution in [0.15, 0.2) is 42.5 Å². The lowest BCUT2D eigenvalue weighted by molar-refractivity contribution is 0.0592. The van der Waals surface area contributed by atoms with Crippen molar-refractivity contribution in [3.05, 3.63) is 59.4 Å². The molecule has 1 aliphatic rings. The fourth-order valence-electron chi connectivity index (χ4n) is 2.83. The van der Waals surface area contributed by atoms with E-state index in [0.717, 1.165) is 12.1 Å². The van der Waals surface area contributed by atoms with Gasteiger partial charge in [-0.3, -0.25) is 4.79 Å². The molecular weight excluding hydrogens is 323 g/mol. The van der Waals surface area contributed by atoms with Gasteiger partial charge in [0.05, 0.1) is 17.2 Å². The quantitative estimate of drug-likeness (QED) is 0.932. The van der Waals surface area contributed by atoms with Crippen LogP contribution in [0.3, 0.4) is 0 Å². The molecule has 1 amide bonds. The standard InChI is InChI=1S/C19H17FN2O3/c20-14-3-6-18(23)17(11-14)19(24)22-9-7-16(8-10-22)25-15-4-1-13(12-21)2-5-15/h1-6,11,16,23H,7-10H2. The summed E-state index contributed by atoms with van der Waals surface area (Å²) in [7, 11) is 0. The van der Waals surface area contributed by atoms with E-state index in [-0.39, 0.29) is 23.3 Å². The maximum Gasteiger partial charge on any atom is 0.257 e. The predicted octanol–water partition coefficient (Wildman–Crippen LogP) is 3.09. The summed E-state index contributed by atoms with van der Waals surface area (Å²) in [5, 5.41) is 18.6. The molecule has 0 atom stereocenters. The summed E-state index contributed by atoms with van der Waals surface area (Å²) >= 11 is 0. The number of ether oxygens (including phenoxy) is 1. The number of halogens is 1. The Balaban J connectivity index is 1.58.